The maximum Gasteiger partial charge on any atom is 0.337 e. The summed E-state index contributed by atoms with van der Waals surface area (Å²) in [7, 11) is 0. The Morgan fingerprint density at radius 2 is 1.95 bits per heavy atom. The largest absolute Gasteiger partial charge is 0.478 e. The lowest BCUT2D eigenvalue weighted by atomic mass is 10.1. The second-order valence-electron chi connectivity index (χ2n) is 4.10. The molecule has 5 heteroatoms. The first-order chi connectivity index (χ1) is 8.97. The van der Waals surface area contributed by atoms with Crippen LogP contribution >= 0.6 is 11.6 Å². The van der Waals surface area contributed by atoms with Crippen LogP contribution in [0, 0.1) is 12.7 Å². The number of carbonyl (C=O) groups is 1. The molecule has 2 aromatic rings. The minimum Gasteiger partial charge on any atom is -0.478 e. The average Bonchev–Trinajstić information content (AvgIpc) is 2.35. The van der Waals surface area contributed by atoms with E-state index >= 15 is 0 Å². The molecular weight excluding hydrogens is 269 g/mol. The third-order valence-electron chi connectivity index (χ3n) is 2.60. The number of carboxylic acids is 1. The SMILES string of the molecule is Cc1ccc(Nc2cc(F)ccc2Cl)c(C(=O)O)c1. The van der Waals surface area contributed by atoms with Gasteiger partial charge >= 0.3 is 5.97 Å². The second kappa shape index (κ2) is 5.28. The van der Waals surface area contributed by atoms with Crippen LogP contribution in [0.1, 0.15) is 15.9 Å². The van der Waals surface area contributed by atoms with E-state index in [9.17, 15) is 9.18 Å². The molecule has 0 unspecified atom stereocenters. The van der Waals surface area contributed by atoms with Crippen molar-refractivity contribution in [1.29, 1.82) is 0 Å². The summed E-state index contributed by atoms with van der Waals surface area (Å²) in [5, 5.41) is 12.3. The Morgan fingerprint density at radius 3 is 2.63 bits per heavy atom. The average molecular weight is 280 g/mol. The van der Waals surface area contributed by atoms with E-state index in [1.807, 2.05) is 0 Å². The third-order valence-corrected chi connectivity index (χ3v) is 2.93. The van der Waals surface area contributed by atoms with Crippen molar-refractivity contribution in [1.82, 2.24) is 0 Å². The zero-order valence-corrected chi connectivity index (χ0v) is 10.8. The summed E-state index contributed by atoms with van der Waals surface area (Å²) in [6, 6.07) is 8.79. The number of anilines is 2. The van der Waals surface area contributed by atoms with Crippen molar-refractivity contribution in [2.24, 2.45) is 0 Å². The van der Waals surface area contributed by atoms with Crippen molar-refractivity contribution in [2.45, 2.75) is 6.92 Å². The van der Waals surface area contributed by atoms with E-state index in [4.69, 9.17) is 16.7 Å². The Bertz CT molecular complexity index is 643. The van der Waals surface area contributed by atoms with Gasteiger partial charge in [0.1, 0.15) is 5.82 Å². The Morgan fingerprint density at radius 1 is 1.21 bits per heavy atom. The highest BCUT2D eigenvalue weighted by Gasteiger charge is 2.12. The monoisotopic (exact) mass is 279 g/mol. The van der Waals surface area contributed by atoms with Gasteiger partial charge in [0.15, 0.2) is 0 Å². The Kier molecular flexibility index (Phi) is 3.71. The van der Waals surface area contributed by atoms with Crippen molar-refractivity contribution >= 4 is 28.9 Å². The molecule has 0 fully saturated rings. The maximum absolute atomic E-state index is 13.2. The maximum atomic E-state index is 13.2. The summed E-state index contributed by atoms with van der Waals surface area (Å²) in [6.45, 7) is 1.80. The fourth-order valence-corrected chi connectivity index (χ4v) is 1.85. The van der Waals surface area contributed by atoms with Gasteiger partial charge < -0.3 is 10.4 Å². The van der Waals surface area contributed by atoms with Gasteiger partial charge in [-0.2, -0.15) is 0 Å². The lowest BCUT2D eigenvalue weighted by Crippen LogP contribution is -2.03. The van der Waals surface area contributed by atoms with E-state index in [1.165, 1.54) is 24.3 Å². The van der Waals surface area contributed by atoms with E-state index in [2.05, 4.69) is 5.32 Å². The number of benzene rings is 2. The molecule has 0 bridgehead atoms. The van der Waals surface area contributed by atoms with Gasteiger partial charge in [-0.1, -0.05) is 23.2 Å². The van der Waals surface area contributed by atoms with Crippen LogP contribution < -0.4 is 5.32 Å². The highest BCUT2D eigenvalue weighted by atomic mass is 35.5. The number of hydrogen-bond donors (Lipinski definition) is 2. The highest BCUT2D eigenvalue weighted by molar-refractivity contribution is 6.33. The molecule has 0 heterocycles. The van der Waals surface area contributed by atoms with Crippen LogP contribution in [0.15, 0.2) is 36.4 Å². The van der Waals surface area contributed by atoms with E-state index in [0.717, 1.165) is 5.56 Å². The summed E-state index contributed by atoms with van der Waals surface area (Å²) in [5.41, 5.74) is 1.63. The number of rotatable bonds is 3. The summed E-state index contributed by atoms with van der Waals surface area (Å²) in [4.78, 5) is 11.2. The molecule has 0 atom stereocenters. The van der Waals surface area contributed by atoms with Gasteiger partial charge in [0, 0.05) is 0 Å². The first-order valence-electron chi connectivity index (χ1n) is 5.53. The van der Waals surface area contributed by atoms with Crippen LogP contribution in [0.4, 0.5) is 15.8 Å². The molecule has 2 N–H and O–H groups in total. The number of carboxylic acid groups (broad SMARTS) is 1. The number of hydrogen-bond acceptors (Lipinski definition) is 2. The van der Waals surface area contributed by atoms with E-state index in [1.54, 1.807) is 19.1 Å². The molecule has 0 aliphatic heterocycles. The first kappa shape index (κ1) is 13.4. The fraction of sp³-hybridized carbons (Fsp3) is 0.0714. The van der Waals surface area contributed by atoms with Crippen LogP contribution in [-0.2, 0) is 0 Å². The lowest BCUT2D eigenvalue weighted by molar-refractivity contribution is 0.0698. The number of aryl methyl sites for hydroxylation is 1. The summed E-state index contributed by atoms with van der Waals surface area (Å²) >= 11 is 5.93. The molecule has 2 rings (SSSR count). The molecule has 0 aliphatic carbocycles. The van der Waals surface area contributed by atoms with E-state index in [0.29, 0.717) is 16.4 Å². The minimum absolute atomic E-state index is 0.111. The number of halogens is 2. The zero-order valence-electron chi connectivity index (χ0n) is 10.1. The summed E-state index contributed by atoms with van der Waals surface area (Å²) < 4.78 is 13.2. The molecule has 0 saturated heterocycles. The predicted molar refractivity (Wildman–Crippen MR) is 72.8 cm³/mol. The van der Waals surface area contributed by atoms with E-state index in [-0.39, 0.29) is 5.56 Å². The van der Waals surface area contributed by atoms with Crippen LogP contribution in [0.2, 0.25) is 5.02 Å². The smallest absolute Gasteiger partial charge is 0.337 e. The fourth-order valence-electron chi connectivity index (χ4n) is 1.68. The number of nitrogens with one attached hydrogen (secondary N) is 1. The zero-order chi connectivity index (χ0) is 14.0. The van der Waals surface area contributed by atoms with Gasteiger partial charge in [-0.15, -0.1) is 0 Å². The normalized spacial score (nSPS) is 10.3. The predicted octanol–water partition coefficient (Wildman–Crippen LogP) is 4.23. The first-order valence-corrected chi connectivity index (χ1v) is 5.91. The molecule has 98 valence electrons. The van der Waals surface area contributed by atoms with Crippen LogP contribution in [-0.4, -0.2) is 11.1 Å². The molecule has 0 aliphatic rings. The Balaban J connectivity index is 2.43. The lowest BCUT2D eigenvalue weighted by Gasteiger charge is -2.11. The van der Waals surface area contributed by atoms with Gasteiger partial charge in [-0.05, 0) is 37.3 Å². The topological polar surface area (TPSA) is 49.3 Å². The van der Waals surface area contributed by atoms with E-state index < -0.39 is 11.8 Å². The summed E-state index contributed by atoms with van der Waals surface area (Å²) in [6.07, 6.45) is 0. The molecule has 0 amide bonds. The number of aromatic carboxylic acids is 1. The van der Waals surface area contributed by atoms with Crippen molar-refractivity contribution in [2.75, 3.05) is 5.32 Å². The van der Waals surface area contributed by atoms with Gasteiger partial charge in [0.05, 0.1) is 22.0 Å². The quantitative estimate of drug-likeness (QED) is 0.884. The minimum atomic E-state index is -1.06. The molecule has 19 heavy (non-hydrogen) atoms. The highest BCUT2D eigenvalue weighted by Crippen LogP contribution is 2.28. The Labute approximate surface area is 114 Å². The molecule has 3 nitrogen and oxygen atoms in total. The molecule has 0 saturated carbocycles. The van der Waals surface area contributed by atoms with Gasteiger partial charge in [-0.3, -0.25) is 0 Å². The molecule has 0 radical (unpaired) electrons. The summed E-state index contributed by atoms with van der Waals surface area (Å²) in [5.74, 6) is -1.50. The third kappa shape index (κ3) is 3.03. The Hall–Kier alpha value is -2.07. The van der Waals surface area contributed by atoms with Crippen molar-refractivity contribution < 1.29 is 14.3 Å². The standard InChI is InChI=1S/C14H11ClFNO2/c1-8-2-5-12(10(6-8)14(18)19)17-13-7-9(16)3-4-11(13)15/h2-7,17H,1H3,(H,18,19). The molecule has 2 aromatic carbocycles. The van der Waals surface area contributed by atoms with Crippen molar-refractivity contribution in [3.8, 4) is 0 Å². The van der Waals surface area contributed by atoms with Crippen LogP contribution in [0.25, 0.3) is 0 Å². The van der Waals surface area contributed by atoms with Crippen LogP contribution in [0.3, 0.4) is 0 Å². The molecule has 0 aromatic heterocycles. The van der Waals surface area contributed by atoms with Gasteiger partial charge in [0.2, 0.25) is 0 Å². The second-order valence-corrected chi connectivity index (χ2v) is 4.51. The molecular formula is C14H11ClFNO2. The van der Waals surface area contributed by atoms with Crippen molar-refractivity contribution in [3.05, 3.63) is 58.4 Å². The molecule has 0 spiro atoms. The van der Waals surface area contributed by atoms with Crippen molar-refractivity contribution in [3.63, 3.8) is 0 Å². The van der Waals surface area contributed by atoms with Crippen LogP contribution in [0.5, 0.6) is 0 Å². The van der Waals surface area contributed by atoms with Gasteiger partial charge in [0.25, 0.3) is 0 Å². The van der Waals surface area contributed by atoms with Gasteiger partial charge in [-0.25, -0.2) is 9.18 Å².